The van der Waals surface area contributed by atoms with E-state index in [0.29, 0.717) is 18.5 Å². The number of hydrogen-bond acceptors (Lipinski definition) is 3. The molecule has 0 spiro atoms. The molecule has 1 aromatic rings. The third kappa shape index (κ3) is 2.72. The van der Waals surface area contributed by atoms with E-state index in [0.717, 1.165) is 24.9 Å². The molecule has 2 saturated heterocycles. The van der Waals surface area contributed by atoms with Crippen molar-refractivity contribution < 1.29 is 9.90 Å². The second kappa shape index (κ2) is 5.43. The highest BCUT2D eigenvalue weighted by Gasteiger charge is 2.39. The standard InChI is InChI=1S/C16H21NO2/c18-15-10-13-6-7-14(11-15)17(13)9-8-16(19)12-4-2-1-3-5-12/h1-5,13-15,18H,6-11H2. The zero-order valence-electron chi connectivity index (χ0n) is 11.2. The van der Waals surface area contributed by atoms with Crippen molar-refractivity contribution in [2.75, 3.05) is 6.54 Å². The minimum Gasteiger partial charge on any atom is -0.393 e. The van der Waals surface area contributed by atoms with Gasteiger partial charge in [0, 0.05) is 30.6 Å². The number of rotatable bonds is 4. The molecule has 0 aliphatic carbocycles. The minimum absolute atomic E-state index is 0.126. The fourth-order valence-corrected chi connectivity index (χ4v) is 3.61. The largest absolute Gasteiger partial charge is 0.393 e. The molecule has 2 bridgehead atoms. The summed E-state index contributed by atoms with van der Waals surface area (Å²) < 4.78 is 0. The number of carbonyl (C=O) groups excluding carboxylic acids is 1. The number of carbonyl (C=O) groups is 1. The van der Waals surface area contributed by atoms with Crippen LogP contribution in [-0.2, 0) is 0 Å². The van der Waals surface area contributed by atoms with Gasteiger partial charge >= 0.3 is 0 Å². The number of Topliss-reactive ketones (excluding diaryl/α,β-unsaturated/α-hetero) is 1. The van der Waals surface area contributed by atoms with Crippen LogP contribution < -0.4 is 0 Å². The van der Waals surface area contributed by atoms with Crippen molar-refractivity contribution in [3.05, 3.63) is 35.9 Å². The zero-order chi connectivity index (χ0) is 13.2. The maximum atomic E-state index is 12.1. The Morgan fingerprint density at radius 1 is 1.16 bits per heavy atom. The number of nitrogens with zero attached hydrogens (tertiary/aromatic N) is 1. The molecule has 2 unspecified atom stereocenters. The first kappa shape index (κ1) is 12.8. The van der Waals surface area contributed by atoms with Crippen LogP contribution in [0, 0.1) is 0 Å². The van der Waals surface area contributed by atoms with Gasteiger partial charge in [-0.15, -0.1) is 0 Å². The summed E-state index contributed by atoms with van der Waals surface area (Å²) in [5, 5.41) is 9.77. The van der Waals surface area contributed by atoms with Crippen LogP contribution in [0.15, 0.2) is 30.3 Å². The highest BCUT2D eigenvalue weighted by Crippen LogP contribution is 2.35. The molecule has 3 heteroatoms. The first-order valence-electron chi connectivity index (χ1n) is 7.26. The summed E-state index contributed by atoms with van der Waals surface area (Å²) in [6.07, 6.45) is 4.60. The molecule has 2 aliphatic rings. The third-order valence-corrected chi connectivity index (χ3v) is 4.55. The molecular formula is C16H21NO2. The molecule has 102 valence electrons. The van der Waals surface area contributed by atoms with Crippen molar-refractivity contribution >= 4 is 5.78 Å². The van der Waals surface area contributed by atoms with E-state index in [1.807, 2.05) is 30.3 Å². The molecule has 2 atom stereocenters. The van der Waals surface area contributed by atoms with Gasteiger partial charge in [-0.05, 0) is 25.7 Å². The monoisotopic (exact) mass is 259 g/mol. The summed E-state index contributed by atoms with van der Waals surface area (Å²) in [5.41, 5.74) is 0.812. The van der Waals surface area contributed by atoms with Gasteiger partial charge in [-0.25, -0.2) is 0 Å². The summed E-state index contributed by atoms with van der Waals surface area (Å²) >= 11 is 0. The van der Waals surface area contributed by atoms with Crippen LogP contribution in [0.5, 0.6) is 0 Å². The van der Waals surface area contributed by atoms with Crippen LogP contribution in [0.2, 0.25) is 0 Å². The first-order valence-corrected chi connectivity index (χ1v) is 7.26. The highest BCUT2D eigenvalue weighted by molar-refractivity contribution is 5.96. The smallest absolute Gasteiger partial charge is 0.164 e. The molecule has 1 aromatic carbocycles. The lowest BCUT2D eigenvalue weighted by Gasteiger charge is -2.37. The Morgan fingerprint density at radius 3 is 2.42 bits per heavy atom. The van der Waals surface area contributed by atoms with Crippen LogP contribution in [0.1, 0.15) is 42.5 Å². The summed E-state index contributed by atoms with van der Waals surface area (Å²) in [6, 6.07) is 10.5. The Balaban J connectivity index is 1.57. The molecular weight excluding hydrogens is 238 g/mol. The Hall–Kier alpha value is -1.19. The molecule has 2 aliphatic heterocycles. The fraction of sp³-hybridized carbons (Fsp3) is 0.562. The molecule has 0 aromatic heterocycles. The van der Waals surface area contributed by atoms with Crippen molar-refractivity contribution in [2.45, 2.75) is 50.3 Å². The zero-order valence-corrected chi connectivity index (χ0v) is 11.2. The number of piperidine rings is 1. The van der Waals surface area contributed by atoms with Gasteiger partial charge in [-0.2, -0.15) is 0 Å². The number of aliphatic hydroxyl groups excluding tert-OH is 1. The normalized spacial score (nSPS) is 30.5. The van der Waals surface area contributed by atoms with Crippen LogP contribution in [0.4, 0.5) is 0 Å². The summed E-state index contributed by atoms with van der Waals surface area (Å²) in [5.74, 6) is 0.228. The molecule has 0 saturated carbocycles. The van der Waals surface area contributed by atoms with Crippen LogP contribution >= 0.6 is 0 Å². The van der Waals surface area contributed by atoms with Gasteiger partial charge in [0.1, 0.15) is 0 Å². The Morgan fingerprint density at radius 2 is 1.79 bits per heavy atom. The Labute approximate surface area is 114 Å². The van der Waals surface area contributed by atoms with Gasteiger partial charge in [0.15, 0.2) is 5.78 Å². The van der Waals surface area contributed by atoms with E-state index in [-0.39, 0.29) is 11.9 Å². The summed E-state index contributed by atoms with van der Waals surface area (Å²) in [7, 11) is 0. The molecule has 0 radical (unpaired) electrons. The van der Waals surface area contributed by atoms with Gasteiger partial charge in [0.2, 0.25) is 0 Å². The average Bonchev–Trinajstić information content (AvgIpc) is 2.67. The van der Waals surface area contributed by atoms with Crippen LogP contribution in [0.3, 0.4) is 0 Å². The summed E-state index contributed by atoms with van der Waals surface area (Å²) in [6.45, 7) is 0.843. The van der Waals surface area contributed by atoms with E-state index in [2.05, 4.69) is 4.90 Å². The lowest BCUT2D eigenvalue weighted by atomic mass is 9.99. The van der Waals surface area contributed by atoms with Crippen LogP contribution in [-0.4, -0.2) is 40.5 Å². The van der Waals surface area contributed by atoms with E-state index in [1.165, 1.54) is 12.8 Å². The quantitative estimate of drug-likeness (QED) is 0.843. The molecule has 3 nitrogen and oxygen atoms in total. The number of fused-ring (bicyclic) bond motifs is 2. The molecule has 2 fully saturated rings. The molecule has 1 N–H and O–H groups in total. The lowest BCUT2D eigenvalue weighted by molar-refractivity contribution is 0.0349. The van der Waals surface area contributed by atoms with Crippen LogP contribution in [0.25, 0.3) is 0 Å². The van der Waals surface area contributed by atoms with Crippen molar-refractivity contribution in [2.24, 2.45) is 0 Å². The fourth-order valence-electron chi connectivity index (χ4n) is 3.61. The molecule has 2 heterocycles. The van der Waals surface area contributed by atoms with Crippen molar-refractivity contribution in [3.8, 4) is 0 Å². The van der Waals surface area contributed by atoms with Gasteiger partial charge in [-0.3, -0.25) is 9.69 Å². The third-order valence-electron chi connectivity index (χ3n) is 4.55. The predicted molar refractivity (Wildman–Crippen MR) is 74.1 cm³/mol. The molecule has 19 heavy (non-hydrogen) atoms. The number of ketones is 1. The van der Waals surface area contributed by atoms with Gasteiger partial charge in [0.25, 0.3) is 0 Å². The second-order valence-electron chi connectivity index (χ2n) is 5.79. The van der Waals surface area contributed by atoms with E-state index in [1.54, 1.807) is 0 Å². The minimum atomic E-state index is -0.126. The number of aliphatic hydroxyl groups is 1. The number of hydrogen-bond donors (Lipinski definition) is 1. The van der Waals surface area contributed by atoms with Crippen molar-refractivity contribution in [1.29, 1.82) is 0 Å². The van der Waals surface area contributed by atoms with E-state index in [9.17, 15) is 9.90 Å². The van der Waals surface area contributed by atoms with Crippen molar-refractivity contribution in [3.63, 3.8) is 0 Å². The topological polar surface area (TPSA) is 40.5 Å². The predicted octanol–water partition coefficient (Wildman–Crippen LogP) is 2.25. The SMILES string of the molecule is O=C(CCN1C2CCC1CC(O)C2)c1ccccc1. The van der Waals surface area contributed by atoms with E-state index in [4.69, 9.17) is 0 Å². The molecule has 0 amide bonds. The summed E-state index contributed by atoms with van der Waals surface area (Å²) in [4.78, 5) is 14.6. The second-order valence-corrected chi connectivity index (χ2v) is 5.79. The molecule has 3 rings (SSSR count). The number of benzene rings is 1. The highest BCUT2D eigenvalue weighted by atomic mass is 16.3. The average molecular weight is 259 g/mol. The maximum Gasteiger partial charge on any atom is 0.164 e. The lowest BCUT2D eigenvalue weighted by Crippen LogP contribution is -2.45. The Bertz CT molecular complexity index is 431. The van der Waals surface area contributed by atoms with E-state index < -0.39 is 0 Å². The van der Waals surface area contributed by atoms with Crippen molar-refractivity contribution in [1.82, 2.24) is 4.90 Å². The Kier molecular flexibility index (Phi) is 3.67. The van der Waals surface area contributed by atoms with Gasteiger partial charge < -0.3 is 5.11 Å². The van der Waals surface area contributed by atoms with E-state index >= 15 is 0 Å². The van der Waals surface area contributed by atoms with Gasteiger partial charge in [-0.1, -0.05) is 30.3 Å². The maximum absolute atomic E-state index is 12.1. The van der Waals surface area contributed by atoms with Gasteiger partial charge in [0.05, 0.1) is 6.10 Å². The first-order chi connectivity index (χ1) is 9.24.